The van der Waals surface area contributed by atoms with E-state index in [4.69, 9.17) is 5.73 Å². The van der Waals surface area contributed by atoms with Gasteiger partial charge in [0.05, 0.1) is 17.7 Å². The second-order valence-corrected chi connectivity index (χ2v) is 5.02. The van der Waals surface area contributed by atoms with Crippen molar-refractivity contribution in [2.45, 2.75) is 39.2 Å². The minimum Gasteiger partial charge on any atom is -0.394 e. The zero-order chi connectivity index (χ0) is 14.4. The minimum absolute atomic E-state index is 0.795. The van der Waals surface area contributed by atoms with Gasteiger partial charge in [-0.1, -0.05) is 13.3 Å². The first-order chi connectivity index (χ1) is 9.72. The highest BCUT2D eigenvalue weighted by molar-refractivity contribution is 5.64. The molecule has 0 radical (unpaired) electrons. The van der Waals surface area contributed by atoms with Gasteiger partial charge >= 0.3 is 0 Å². The van der Waals surface area contributed by atoms with Crippen LogP contribution < -0.4 is 11.1 Å². The second-order valence-electron chi connectivity index (χ2n) is 5.02. The second kappa shape index (κ2) is 6.98. The summed E-state index contributed by atoms with van der Waals surface area (Å²) >= 11 is 0. The SMILES string of the molecule is CCCc1nn(C)c(NCCCCn2ccnc2)c1N. The van der Waals surface area contributed by atoms with E-state index in [0.717, 1.165) is 56.0 Å². The van der Waals surface area contributed by atoms with Crippen LogP contribution >= 0.6 is 0 Å². The van der Waals surface area contributed by atoms with Crippen LogP contribution in [-0.4, -0.2) is 25.9 Å². The van der Waals surface area contributed by atoms with E-state index in [1.807, 2.05) is 30.5 Å². The molecule has 6 heteroatoms. The summed E-state index contributed by atoms with van der Waals surface area (Å²) in [6.45, 7) is 4.05. The predicted octanol–water partition coefficient (Wildman–Crippen LogP) is 2.04. The summed E-state index contributed by atoms with van der Waals surface area (Å²) in [5.74, 6) is 0.941. The van der Waals surface area contributed by atoms with Gasteiger partial charge in [0.25, 0.3) is 0 Å². The molecule has 0 saturated heterocycles. The van der Waals surface area contributed by atoms with Gasteiger partial charge in [0.2, 0.25) is 0 Å². The smallest absolute Gasteiger partial charge is 0.147 e. The first-order valence-electron chi connectivity index (χ1n) is 7.23. The Morgan fingerprint density at radius 3 is 2.90 bits per heavy atom. The van der Waals surface area contributed by atoms with Crippen molar-refractivity contribution in [2.24, 2.45) is 7.05 Å². The van der Waals surface area contributed by atoms with E-state index in [2.05, 4.69) is 26.9 Å². The van der Waals surface area contributed by atoms with Crippen LogP contribution in [0.25, 0.3) is 0 Å². The number of nitrogens with one attached hydrogen (secondary N) is 1. The first kappa shape index (κ1) is 14.4. The number of nitrogens with zero attached hydrogens (tertiary/aromatic N) is 4. The molecule has 0 amide bonds. The lowest BCUT2D eigenvalue weighted by Gasteiger charge is -2.08. The number of unbranched alkanes of at least 4 members (excludes halogenated alkanes) is 1. The fourth-order valence-corrected chi connectivity index (χ4v) is 2.27. The molecule has 2 aromatic rings. The van der Waals surface area contributed by atoms with Gasteiger partial charge in [-0.25, -0.2) is 4.98 Å². The number of hydrogen-bond acceptors (Lipinski definition) is 4. The predicted molar refractivity (Wildman–Crippen MR) is 81.6 cm³/mol. The van der Waals surface area contributed by atoms with E-state index in [0.29, 0.717) is 0 Å². The molecule has 0 aromatic carbocycles. The van der Waals surface area contributed by atoms with Gasteiger partial charge in [-0.2, -0.15) is 5.10 Å². The molecular weight excluding hydrogens is 252 g/mol. The van der Waals surface area contributed by atoms with E-state index in [9.17, 15) is 0 Å². The lowest BCUT2D eigenvalue weighted by Crippen LogP contribution is -2.08. The van der Waals surface area contributed by atoms with E-state index in [1.54, 1.807) is 0 Å². The third kappa shape index (κ3) is 3.53. The lowest BCUT2D eigenvalue weighted by atomic mass is 10.2. The summed E-state index contributed by atoms with van der Waals surface area (Å²) in [5, 5.41) is 7.85. The summed E-state index contributed by atoms with van der Waals surface area (Å²) < 4.78 is 3.94. The van der Waals surface area contributed by atoms with Crippen molar-refractivity contribution in [1.29, 1.82) is 0 Å². The van der Waals surface area contributed by atoms with Gasteiger partial charge < -0.3 is 15.6 Å². The Morgan fingerprint density at radius 1 is 1.35 bits per heavy atom. The number of rotatable bonds is 8. The molecule has 6 nitrogen and oxygen atoms in total. The third-order valence-electron chi connectivity index (χ3n) is 3.34. The Kier molecular flexibility index (Phi) is 5.03. The number of hydrogen-bond donors (Lipinski definition) is 2. The van der Waals surface area contributed by atoms with Crippen LogP contribution in [0.15, 0.2) is 18.7 Å². The molecule has 110 valence electrons. The quantitative estimate of drug-likeness (QED) is 0.724. The van der Waals surface area contributed by atoms with E-state index >= 15 is 0 Å². The van der Waals surface area contributed by atoms with Gasteiger partial charge in [0.15, 0.2) is 0 Å². The minimum atomic E-state index is 0.795. The number of aromatic nitrogens is 4. The van der Waals surface area contributed by atoms with Crippen LogP contribution in [-0.2, 0) is 20.0 Å². The van der Waals surface area contributed by atoms with Crippen LogP contribution in [0.5, 0.6) is 0 Å². The Morgan fingerprint density at radius 2 is 2.20 bits per heavy atom. The normalized spacial score (nSPS) is 10.9. The molecule has 0 saturated carbocycles. The number of imidazole rings is 1. The van der Waals surface area contributed by atoms with Crippen molar-refractivity contribution < 1.29 is 0 Å². The lowest BCUT2D eigenvalue weighted by molar-refractivity contribution is 0.619. The van der Waals surface area contributed by atoms with Crippen molar-refractivity contribution >= 4 is 11.5 Å². The van der Waals surface area contributed by atoms with Crippen LogP contribution in [0.2, 0.25) is 0 Å². The van der Waals surface area contributed by atoms with E-state index in [-0.39, 0.29) is 0 Å². The molecule has 0 atom stereocenters. The summed E-state index contributed by atoms with van der Waals surface area (Å²) in [7, 11) is 1.93. The summed E-state index contributed by atoms with van der Waals surface area (Å²) in [5.41, 5.74) is 7.92. The molecule has 0 bridgehead atoms. The molecule has 0 aliphatic rings. The van der Waals surface area contributed by atoms with Crippen LogP contribution in [0.1, 0.15) is 31.9 Å². The Labute approximate surface area is 120 Å². The molecule has 0 aliphatic carbocycles. The highest BCUT2D eigenvalue weighted by atomic mass is 15.3. The van der Waals surface area contributed by atoms with Gasteiger partial charge in [-0.05, 0) is 19.3 Å². The van der Waals surface area contributed by atoms with Crippen molar-refractivity contribution in [2.75, 3.05) is 17.6 Å². The maximum Gasteiger partial charge on any atom is 0.147 e. The molecule has 0 unspecified atom stereocenters. The molecule has 3 N–H and O–H groups in total. The number of nitrogens with two attached hydrogens (primary N) is 1. The Hall–Kier alpha value is -1.98. The molecular formula is C14H24N6. The molecule has 0 aliphatic heterocycles. The maximum absolute atomic E-state index is 6.12. The number of nitrogen functional groups attached to an aromatic ring is 1. The monoisotopic (exact) mass is 276 g/mol. The zero-order valence-electron chi connectivity index (χ0n) is 12.3. The molecule has 2 heterocycles. The summed E-state index contributed by atoms with van der Waals surface area (Å²) in [6.07, 6.45) is 9.85. The Bertz CT molecular complexity index is 514. The summed E-state index contributed by atoms with van der Waals surface area (Å²) in [4.78, 5) is 4.03. The highest BCUT2D eigenvalue weighted by Gasteiger charge is 2.11. The number of anilines is 2. The van der Waals surface area contributed by atoms with E-state index in [1.165, 1.54) is 0 Å². The standard InChI is InChI=1S/C14H24N6/c1-3-6-12-13(15)14(19(2)18-12)17-7-4-5-9-20-10-8-16-11-20/h8,10-11,17H,3-7,9,15H2,1-2H3. The molecule has 20 heavy (non-hydrogen) atoms. The van der Waals surface area contributed by atoms with Crippen LogP contribution in [0, 0.1) is 0 Å². The highest BCUT2D eigenvalue weighted by Crippen LogP contribution is 2.22. The van der Waals surface area contributed by atoms with E-state index < -0.39 is 0 Å². The third-order valence-corrected chi connectivity index (χ3v) is 3.34. The fourth-order valence-electron chi connectivity index (χ4n) is 2.27. The molecule has 0 spiro atoms. The first-order valence-corrected chi connectivity index (χ1v) is 7.23. The largest absolute Gasteiger partial charge is 0.394 e. The summed E-state index contributed by atoms with van der Waals surface area (Å²) in [6, 6.07) is 0. The van der Waals surface area contributed by atoms with Crippen molar-refractivity contribution in [3.63, 3.8) is 0 Å². The van der Waals surface area contributed by atoms with Gasteiger partial charge in [-0.3, -0.25) is 4.68 Å². The van der Waals surface area contributed by atoms with Crippen LogP contribution in [0.3, 0.4) is 0 Å². The van der Waals surface area contributed by atoms with Crippen molar-refractivity contribution in [1.82, 2.24) is 19.3 Å². The topological polar surface area (TPSA) is 73.7 Å². The Balaban J connectivity index is 1.76. The number of aryl methyl sites for hydroxylation is 3. The zero-order valence-corrected chi connectivity index (χ0v) is 12.3. The van der Waals surface area contributed by atoms with Gasteiger partial charge in [0.1, 0.15) is 5.82 Å². The maximum atomic E-state index is 6.12. The van der Waals surface area contributed by atoms with Crippen LogP contribution in [0.4, 0.5) is 11.5 Å². The molecule has 2 aromatic heterocycles. The average Bonchev–Trinajstić information content (AvgIpc) is 3.02. The van der Waals surface area contributed by atoms with Crippen molar-refractivity contribution in [3.8, 4) is 0 Å². The average molecular weight is 276 g/mol. The molecule has 2 rings (SSSR count). The van der Waals surface area contributed by atoms with Gasteiger partial charge in [0, 0.05) is 32.5 Å². The molecule has 0 fully saturated rings. The van der Waals surface area contributed by atoms with Crippen molar-refractivity contribution in [3.05, 3.63) is 24.4 Å². The fraction of sp³-hybridized carbons (Fsp3) is 0.571. The van der Waals surface area contributed by atoms with Gasteiger partial charge in [-0.15, -0.1) is 0 Å².